The van der Waals surface area contributed by atoms with Gasteiger partial charge >= 0.3 is 0 Å². The number of benzene rings is 1. The number of carbonyl (C=O) groups excluding carboxylic acids is 2. The summed E-state index contributed by atoms with van der Waals surface area (Å²) in [7, 11) is 0. The molecule has 0 aliphatic rings. The van der Waals surface area contributed by atoms with E-state index in [9.17, 15) is 9.59 Å². The molecule has 1 aromatic carbocycles. The summed E-state index contributed by atoms with van der Waals surface area (Å²) >= 11 is 3.06. The third-order valence-electron chi connectivity index (χ3n) is 2.14. The van der Waals surface area contributed by atoms with Gasteiger partial charge in [0.1, 0.15) is 0 Å². The van der Waals surface area contributed by atoms with E-state index in [4.69, 9.17) is 0 Å². The maximum atomic E-state index is 11.7. The van der Waals surface area contributed by atoms with Gasteiger partial charge in [-0.3, -0.25) is 9.59 Å². The number of rotatable bonds is 6. The minimum Gasteiger partial charge on any atom is -0.343 e. The van der Waals surface area contributed by atoms with E-state index >= 15 is 0 Å². The first-order chi connectivity index (χ1) is 8.69. The van der Waals surface area contributed by atoms with Gasteiger partial charge in [-0.25, -0.2) is 0 Å². The van der Waals surface area contributed by atoms with Crippen LogP contribution in [-0.4, -0.2) is 36.1 Å². The van der Waals surface area contributed by atoms with Crippen molar-refractivity contribution in [3.05, 3.63) is 35.4 Å². The van der Waals surface area contributed by atoms with Gasteiger partial charge in [0.05, 0.1) is 11.8 Å². The zero-order chi connectivity index (χ0) is 13.4. The van der Waals surface area contributed by atoms with E-state index in [1.807, 2.05) is 12.5 Å². The summed E-state index contributed by atoms with van der Waals surface area (Å²) in [6.45, 7) is 0. The van der Waals surface area contributed by atoms with Crippen molar-refractivity contribution in [3.63, 3.8) is 0 Å². The Morgan fingerprint density at radius 2 is 1.44 bits per heavy atom. The van der Waals surface area contributed by atoms with Crippen LogP contribution >= 0.6 is 23.5 Å². The number of carbonyl (C=O) groups is 2. The van der Waals surface area contributed by atoms with Crippen molar-refractivity contribution in [1.29, 1.82) is 0 Å². The molecule has 0 saturated heterocycles. The molecule has 0 saturated carbocycles. The average Bonchev–Trinajstić information content (AvgIpc) is 2.42. The van der Waals surface area contributed by atoms with Crippen molar-refractivity contribution in [3.8, 4) is 0 Å². The van der Waals surface area contributed by atoms with Crippen LogP contribution in [0, 0.1) is 0 Å². The third kappa shape index (κ3) is 4.62. The predicted octanol–water partition coefficient (Wildman–Crippen LogP) is 1.79. The fourth-order valence-corrected chi connectivity index (χ4v) is 1.83. The van der Waals surface area contributed by atoms with Gasteiger partial charge < -0.3 is 10.6 Å². The van der Waals surface area contributed by atoms with Gasteiger partial charge in [-0.15, -0.1) is 23.5 Å². The summed E-state index contributed by atoms with van der Waals surface area (Å²) in [5.74, 6) is 0.788. The van der Waals surface area contributed by atoms with Crippen molar-refractivity contribution in [2.24, 2.45) is 0 Å². The molecule has 1 rings (SSSR count). The first-order valence-electron chi connectivity index (χ1n) is 5.33. The second kappa shape index (κ2) is 8.05. The van der Waals surface area contributed by atoms with E-state index in [1.54, 1.807) is 24.3 Å². The molecule has 2 N–H and O–H groups in total. The highest BCUT2D eigenvalue weighted by Crippen LogP contribution is 2.06. The quantitative estimate of drug-likeness (QED) is 0.782. The summed E-state index contributed by atoms with van der Waals surface area (Å²) in [6.07, 6.45) is 3.82. The molecule has 2 amide bonds. The van der Waals surface area contributed by atoms with Gasteiger partial charge in [0.25, 0.3) is 11.8 Å². The number of hydrogen-bond acceptors (Lipinski definition) is 4. The van der Waals surface area contributed by atoms with Crippen LogP contribution in [0.2, 0.25) is 0 Å². The Morgan fingerprint density at radius 1 is 1.00 bits per heavy atom. The molecule has 1 aromatic rings. The lowest BCUT2D eigenvalue weighted by Gasteiger charge is -2.06. The number of thioether (sulfide) groups is 2. The van der Waals surface area contributed by atoms with E-state index in [0.717, 1.165) is 0 Å². The Hall–Kier alpha value is -1.14. The van der Waals surface area contributed by atoms with Crippen molar-refractivity contribution in [2.75, 3.05) is 24.3 Å². The highest BCUT2D eigenvalue weighted by atomic mass is 32.2. The second-order valence-corrected chi connectivity index (χ2v) is 5.19. The minimum absolute atomic E-state index is 0.163. The molecule has 0 aliphatic heterocycles. The molecule has 0 bridgehead atoms. The fourth-order valence-electron chi connectivity index (χ4n) is 1.28. The van der Waals surface area contributed by atoms with Crippen LogP contribution in [-0.2, 0) is 0 Å². The Bertz CT molecular complexity index is 389. The summed E-state index contributed by atoms with van der Waals surface area (Å²) in [6, 6.07) is 6.70. The molecule has 0 atom stereocenters. The summed E-state index contributed by atoms with van der Waals surface area (Å²) < 4.78 is 0. The summed E-state index contributed by atoms with van der Waals surface area (Å²) in [4.78, 5) is 23.5. The van der Waals surface area contributed by atoms with Crippen LogP contribution in [0.15, 0.2) is 24.3 Å². The number of amides is 2. The van der Waals surface area contributed by atoms with Gasteiger partial charge in [-0.2, -0.15) is 0 Å². The Kier molecular flexibility index (Phi) is 6.67. The fraction of sp³-hybridized carbons (Fsp3) is 0.333. The van der Waals surface area contributed by atoms with Crippen LogP contribution in [0.1, 0.15) is 20.7 Å². The SMILES string of the molecule is CSCNC(=O)c1cccc(C(=O)NCSC)c1. The third-order valence-corrected chi connectivity index (χ3v) is 3.01. The average molecular weight is 284 g/mol. The highest BCUT2D eigenvalue weighted by molar-refractivity contribution is 7.98. The predicted molar refractivity (Wildman–Crippen MR) is 78.1 cm³/mol. The topological polar surface area (TPSA) is 58.2 Å². The van der Waals surface area contributed by atoms with E-state index in [1.165, 1.54) is 23.5 Å². The normalized spacial score (nSPS) is 9.89. The lowest BCUT2D eigenvalue weighted by atomic mass is 10.1. The van der Waals surface area contributed by atoms with Crippen LogP contribution < -0.4 is 10.6 Å². The van der Waals surface area contributed by atoms with Crippen LogP contribution in [0.3, 0.4) is 0 Å². The first kappa shape index (κ1) is 14.9. The molecule has 18 heavy (non-hydrogen) atoms. The summed E-state index contributed by atoms with van der Waals surface area (Å²) in [5.41, 5.74) is 1.00. The largest absolute Gasteiger partial charge is 0.343 e. The highest BCUT2D eigenvalue weighted by Gasteiger charge is 2.09. The Labute approximate surface area is 115 Å². The van der Waals surface area contributed by atoms with E-state index in [2.05, 4.69) is 10.6 Å². The molecule has 0 heterocycles. The monoisotopic (exact) mass is 284 g/mol. The molecular weight excluding hydrogens is 268 g/mol. The lowest BCUT2D eigenvalue weighted by molar-refractivity contribution is 0.0960. The molecule has 0 aliphatic carbocycles. The Morgan fingerprint density at radius 3 is 1.83 bits per heavy atom. The van der Waals surface area contributed by atoms with Crippen molar-refractivity contribution in [1.82, 2.24) is 10.6 Å². The van der Waals surface area contributed by atoms with Crippen LogP contribution in [0.5, 0.6) is 0 Å². The Balaban J connectivity index is 2.72. The van der Waals surface area contributed by atoms with E-state index in [-0.39, 0.29) is 11.8 Å². The summed E-state index contributed by atoms with van der Waals surface area (Å²) in [5, 5.41) is 5.49. The number of nitrogens with one attached hydrogen (secondary N) is 2. The molecule has 6 heteroatoms. The first-order valence-corrected chi connectivity index (χ1v) is 8.12. The van der Waals surface area contributed by atoms with Gasteiger partial charge in [0.2, 0.25) is 0 Å². The molecule has 0 unspecified atom stereocenters. The molecular formula is C12H16N2O2S2. The van der Waals surface area contributed by atoms with E-state index in [0.29, 0.717) is 22.9 Å². The van der Waals surface area contributed by atoms with Crippen molar-refractivity contribution < 1.29 is 9.59 Å². The minimum atomic E-state index is -0.163. The van der Waals surface area contributed by atoms with Crippen LogP contribution in [0.4, 0.5) is 0 Å². The molecule has 4 nitrogen and oxygen atoms in total. The molecule has 0 spiro atoms. The molecule has 0 aromatic heterocycles. The van der Waals surface area contributed by atoms with Crippen LogP contribution in [0.25, 0.3) is 0 Å². The lowest BCUT2D eigenvalue weighted by Crippen LogP contribution is -2.25. The zero-order valence-corrected chi connectivity index (χ0v) is 12.0. The van der Waals surface area contributed by atoms with Gasteiger partial charge in [0, 0.05) is 11.1 Å². The number of hydrogen-bond donors (Lipinski definition) is 2. The van der Waals surface area contributed by atoms with Crippen molar-refractivity contribution in [2.45, 2.75) is 0 Å². The molecule has 98 valence electrons. The van der Waals surface area contributed by atoms with Gasteiger partial charge in [-0.1, -0.05) is 6.07 Å². The second-order valence-electron chi connectivity index (χ2n) is 3.46. The van der Waals surface area contributed by atoms with Gasteiger partial charge in [0.15, 0.2) is 0 Å². The molecule has 0 radical (unpaired) electrons. The smallest absolute Gasteiger partial charge is 0.251 e. The zero-order valence-electron chi connectivity index (χ0n) is 10.4. The standard InChI is InChI=1S/C12H16N2O2S2/c1-17-7-13-11(15)9-4-3-5-10(6-9)12(16)14-8-18-2/h3-6H,7-8H2,1-2H3,(H,13,15)(H,14,16). The molecule has 0 fully saturated rings. The van der Waals surface area contributed by atoms with Gasteiger partial charge in [-0.05, 0) is 30.7 Å². The van der Waals surface area contributed by atoms with Crippen molar-refractivity contribution >= 4 is 35.3 Å². The van der Waals surface area contributed by atoms with E-state index < -0.39 is 0 Å². The maximum Gasteiger partial charge on any atom is 0.251 e. The maximum absolute atomic E-state index is 11.7.